The van der Waals surface area contributed by atoms with Crippen LogP contribution in [0.4, 0.5) is 0 Å². The zero-order valence-electron chi connectivity index (χ0n) is 20.1. The fourth-order valence-corrected chi connectivity index (χ4v) is 4.63. The van der Waals surface area contributed by atoms with Gasteiger partial charge >= 0.3 is 0 Å². The highest BCUT2D eigenvalue weighted by Gasteiger charge is 2.35. The molecule has 0 unspecified atom stereocenters. The lowest BCUT2D eigenvalue weighted by atomic mass is 9.72. The first-order valence-corrected chi connectivity index (χ1v) is 11.5. The van der Waals surface area contributed by atoms with Gasteiger partial charge in [-0.1, -0.05) is 38.1 Å². The van der Waals surface area contributed by atoms with Crippen molar-refractivity contribution in [2.75, 3.05) is 33.4 Å². The molecule has 0 saturated carbocycles. The predicted octanol–water partition coefficient (Wildman–Crippen LogP) is 4.00. The van der Waals surface area contributed by atoms with E-state index in [0.717, 1.165) is 57.3 Å². The van der Waals surface area contributed by atoms with Gasteiger partial charge in [0.2, 0.25) is 0 Å². The van der Waals surface area contributed by atoms with Gasteiger partial charge in [-0.25, -0.2) is 0 Å². The number of aliphatic imine (C=N–C) groups is 1. The van der Waals surface area contributed by atoms with Crippen molar-refractivity contribution < 1.29 is 4.74 Å². The molecular weight excluding hydrogens is 386 g/mol. The van der Waals surface area contributed by atoms with E-state index in [1.54, 1.807) is 0 Å². The van der Waals surface area contributed by atoms with E-state index in [9.17, 15) is 0 Å². The number of guanidine groups is 1. The van der Waals surface area contributed by atoms with Crippen LogP contribution in [0.5, 0.6) is 0 Å². The molecule has 1 saturated heterocycles. The van der Waals surface area contributed by atoms with Crippen molar-refractivity contribution in [2.45, 2.75) is 58.4 Å². The van der Waals surface area contributed by atoms with Crippen molar-refractivity contribution in [3.05, 3.63) is 52.8 Å². The average molecular weight is 426 g/mol. The Balaban J connectivity index is 1.85. The Morgan fingerprint density at radius 3 is 2.65 bits per heavy atom. The van der Waals surface area contributed by atoms with E-state index in [4.69, 9.17) is 9.73 Å². The minimum Gasteiger partial charge on any atom is -0.381 e. The number of hydrogen-bond donors (Lipinski definition) is 1. The maximum absolute atomic E-state index is 5.72. The van der Waals surface area contributed by atoms with Crippen LogP contribution < -0.4 is 5.32 Å². The number of ether oxygens (including phenoxy) is 1. The zero-order valence-corrected chi connectivity index (χ0v) is 20.1. The molecule has 170 valence electrons. The summed E-state index contributed by atoms with van der Waals surface area (Å²) in [5, 5.41) is 8.16. The Kier molecular flexibility index (Phi) is 7.76. The second-order valence-electron chi connectivity index (χ2n) is 9.10. The summed E-state index contributed by atoms with van der Waals surface area (Å²) in [6.45, 7) is 12.7. The highest BCUT2D eigenvalue weighted by molar-refractivity contribution is 5.79. The minimum absolute atomic E-state index is 0.0303. The predicted molar refractivity (Wildman–Crippen MR) is 128 cm³/mol. The first-order chi connectivity index (χ1) is 14.9. The van der Waals surface area contributed by atoms with E-state index in [-0.39, 0.29) is 5.41 Å². The van der Waals surface area contributed by atoms with Crippen molar-refractivity contribution in [2.24, 2.45) is 12.0 Å². The molecule has 1 fully saturated rings. The van der Waals surface area contributed by atoms with E-state index in [2.05, 4.69) is 80.5 Å². The lowest BCUT2D eigenvalue weighted by Crippen LogP contribution is -2.42. The molecular formula is C25H39N5O. The Labute approximate surface area is 187 Å². The molecule has 0 radical (unpaired) electrons. The van der Waals surface area contributed by atoms with Gasteiger partial charge in [-0.3, -0.25) is 9.67 Å². The first-order valence-electron chi connectivity index (χ1n) is 11.5. The molecule has 1 aromatic heterocycles. The van der Waals surface area contributed by atoms with Gasteiger partial charge in [0.1, 0.15) is 0 Å². The van der Waals surface area contributed by atoms with E-state index >= 15 is 0 Å². The molecule has 1 aliphatic rings. The molecule has 0 amide bonds. The summed E-state index contributed by atoms with van der Waals surface area (Å²) in [7, 11) is 4.11. The molecule has 2 heterocycles. The molecule has 0 aliphatic carbocycles. The topological polar surface area (TPSA) is 54.7 Å². The third kappa shape index (κ3) is 5.48. The third-order valence-corrected chi connectivity index (χ3v) is 6.29. The fourth-order valence-electron chi connectivity index (χ4n) is 4.63. The van der Waals surface area contributed by atoms with Crippen molar-refractivity contribution in [1.29, 1.82) is 0 Å². The monoisotopic (exact) mass is 425 g/mol. The van der Waals surface area contributed by atoms with Gasteiger partial charge < -0.3 is 15.0 Å². The largest absolute Gasteiger partial charge is 0.381 e. The molecule has 6 heteroatoms. The molecule has 1 aliphatic heterocycles. The van der Waals surface area contributed by atoms with E-state index in [1.165, 1.54) is 16.7 Å². The number of rotatable bonds is 7. The second-order valence-corrected chi connectivity index (χ2v) is 9.10. The standard InChI is InChI=1S/C25H39N5O/c1-7-26-24(29(5)16-21-17-30(6)28-23(21)19(2)3)27-18-25(12-14-31-15-13-25)22-11-9-8-10-20(22)4/h8-11,17,19H,7,12-16,18H2,1-6H3,(H,26,27). The number of nitrogens with zero attached hydrogens (tertiary/aromatic N) is 4. The Hall–Kier alpha value is -2.34. The number of benzene rings is 1. The minimum atomic E-state index is 0.0303. The van der Waals surface area contributed by atoms with Crippen LogP contribution in [0.1, 0.15) is 61.9 Å². The third-order valence-electron chi connectivity index (χ3n) is 6.29. The maximum Gasteiger partial charge on any atom is 0.193 e. The highest BCUT2D eigenvalue weighted by Crippen LogP contribution is 2.37. The molecule has 2 aromatic rings. The quantitative estimate of drug-likeness (QED) is 0.538. The maximum atomic E-state index is 5.72. The average Bonchev–Trinajstić information content (AvgIpc) is 3.12. The molecule has 1 aromatic carbocycles. The van der Waals surface area contributed by atoms with Crippen LogP contribution in [0.3, 0.4) is 0 Å². The summed E-state index contributed by atoms with van der Waals surface area (Å²) in [4.78, 5) is 7.37. The summed E-state index contributed by atoms with van der Waals surface area (Å²) in [5.74, 6) is 1.34. The van der Waals surface area contributed by atoms with Crippen LogP contribution in [0.15, 0.2) is 35.5 Å². The SMILES string of the molecule is CCNC(=NCC1(c2ccccc2C)CCOCC1)N(C)Cc1cn(C)nc1C(C)C. The molecule has 6 nitrogen and oxygen atoms in total. The Morgan fingerprint density at radius 2 is 2.00 bits per heavy atom. The molecule has 3 rings (SSSR count). The van der Waals surface area contributed by atoms with Gasteiger partial charge in [0, 0.05) is 57.6 Å². The van der Waals surface area contributed by atoms with Crippen LogP contribution in [-0.2, 0) is 23.7 Å². The fraction of sp³-hybridized carbons (Fsp3) is 0.600. The van der Waals surface area contributed by atoms with Crippen molar-refractivity contribution >= 4 is 5.96 Å². The molecule has 0 bridgehead atoms. The van der Waals surface area contributed by atoms with Crippen LogP contribution in [0, 0.1) is 6.92 Å². The van der Waals surface area contributed by atoms with Gasteiger partial charge in [-0.2, -0.15) is 5.10 Å². The number of aryl methyl sites for hydroxylation is 2. The van der Waals surface area contributed by atoms with E-state index < -0.39 is 0 Å². The van der Waals surface area contributed by atoms with Crippen molar-refractivity contribution in [1.82, 2.24) is 20.0 Å². The van der Waals surface area contributed by atoms with Crippen LogP contribution in [0.25, 0.3) is 0 Å². The summed E-state index contributed by atoms with van der Waals surface area (Å²) >= 11 is 0. The summed E-state index contributed by atoms with van der Waals surface area (Å²) < 4.78 is 7.64. The smallest absolute Gasteiger partial charge is 0.193 e. The number of nitrogens with one attached hydrogen (secondary N) is 1. The van der Waals surface area contributed by atoms with Crippen LogP contribution >= 0.6 is 0 Å². The Bertz CT molecular complexity index is 880. The lowest BCUT2D eigenvalue weighted by molar-refractivity contribution is 0.0528. The van der Waals surface area contributed by atoms with Gasteiger partial charge in [0.15, 0.2) is 5.96 Å². The molecule has 0 atom stereocenters. The molecule has 1 N–H and O–H groups in total. The lowest BCUT2D eigenvalue weighted by Gasteiger charge is -2.38. The second kappa shape index (κ2) is 10.3. The Morgan fingerprint density at radius 1 is 1.29 bits per heavy atom. The first kappa shape index (κ1) is 23.3. The normalized spacial score (nSPS) is 16.5. The number of hydrogen-bond acceptors (Lipinski definition) is 3. The summed E-state index contributed by atoms with van der Waals surface area (Å²) in [6.07, 6.45) is 4.14. The van der Waals surface area contributed by atoms with E-state index in [0.29, 0.717) is 5.92 Å². The van der Waals surface area contributed by atoms with Crippen LogP contribution in [0.2, 0.25) is 0 Å². The summed E-state index contributed by atoms with van der Waals surface area (Å²) in [6, 6.07) is 8.75. The van der Waals surface area contributed by atoms with E-state index in [1.807, 2.05) is 11.7 Å². The molecule has 0 spiro atoms. The van der Waals surface area contributed by atoms with Crippen molar-refractivity contribution in [3.63, 3.8) is 0 Å². The zero-order chi connectivity index (χ0) is 22.4. The van der Waals surface area contributed by atoms with Crippen LogP contribution in [-0.4, -0.2) is 54.0 Å². The number of aromatic nitrogens is 2. The van der Waals surface area contributed by atoms with Gasteiger partial charge in [-0.15, -0.1) is 0 Å². The summed E-state index contributed by atoms with van der Waals surface area (Å²) in [5.41, 5.74) is 5.20. The van der Waals surface area contributed by atoms with Gasteiger partial charge in [0.05, 0.1) is 12.2 Å². The van der Waals surface area contributed by atoms with Crippen molar-refractivity contribution in [3.8, 4) is 0 Å². The van der Waals surface area contributed by atoms with Gasteiger partial charge in [0.25, 0.3) is 0 Å². The molecule has 31 heavy (non-hydrogen) atoms. The highest BCUT2D eigenvalue weighted by atomic mass is 16.5. The van der Waals surface area contributed by atoms with Gasteiger partial charge in [-0.05, 0) is 43.7 Å².